The van der Waals surface area contributed by atoms with Crippen LogP contribution in [0.5, 0.6) is 0 Å². The van der Waals surface area contributed by atoms with Crippen LogP contribution < -0.4 is 11.1 Å². The number of benzene rings is 1. The molecule has 6 heteroatoms. The van der Waals surface area contributed by atoms with Crippen molar-refractivity contribution in [2.45, 2.75) is 6.54 Å². The highest BCUT2D eigenvalue weighted by molar-refractivity contribution is 6.35. The lowest BCUT2D eigenvalue weighted by atomic mass is 10.2. The molecule has 2 rings (SSSR count). The van der Waals surface area contributed by atoms with Crippen LogP contribution in [0.25, 0.3) is 0 Å². The van der Waals surface area contributed by atoms with Crippen LogP contribution >= 0.6 is 34.8 Å². The van der Waals surface area contributed by atoms with Crippen molar-refractivity contribution in [1.29, 1.82) is 0 Å². The fourth-order valence-corrected chi connectivity index (χ4v) is 2.05. The highest BCUT2D eigenvalue weighted by atomic mass is 35.5. The van der Waals surface area contributed by atoms with Gasteiger partial charge < -0.3 is 11.1 Å². The van der Waals surface area contributed by atoms with Crippen LogP contribution in [-0.4, -0.2) is 4.98 Å². The number of aromatic nitrogens is 1. The Morgan fingerprint density at radius 2 is 1.89 bits per heavy atom. The Balaban J connectivity index is 2.13. The second-order valence-electron chi connectivity index (χ2n) is 3.66. The van der Waals surface area contributed by atoms with Gasteiger partial charge in [-0.2, -0.15) is 0 Å². The lowest BCUT2D eigenvalue weighted by Gasteiger charge is -2.10. The first kappa shape index (κ1) is 13.3. The maximum absolute atomic E-state index is 6.06. The SMILES string of the molecule is Nc1ccc(Cl)nc1NCc1ccc(Cl)cc1Cl. The summed E-state index contributed by atoms with van der Waals surface area (Å²) in [7, 11) is 0. The molecule has 0 saturated heterocycles. The molecule has 0 spiro atoms. The van der Waals surface area contributed by atoms with E-state index in [4.69, 9.17) is 40.5 Å². The normalized spacial score (nSPS) is 10.4. The van der Waals surface area contributed by atoms with Crippen LogP contribution in [-0.2, 0) is 6.54 Å². The zero-order valence-electron chi connectivity index (χ0n) is 9.25. The van der Waals surface area contributed by atoms with E-state index in [1.54, 1.807) is 24.3 Å². The molecule has 0 unspecified atom stereocenters. The Morgan fingerprint density at radius 3 is 2.61 bits per heavy atom. The third-order valence-corrected chi connectivity index (χ3v) is 3.15. The predicted octanol–water partition coefficient (Wildman–Crippen LogP) is 4.24. The van der Waals surface area contributed by atoms with Crippen LogP contribution in [0.3, 0.4) is 0 Å². The second kappa shape index (κ2) is 5.65. The van der Waals surface area contributed by atoms with Crippen LogP contribution in [0.1, 0.15) is 5.56 Å². The van der Waals surface area contributed by atoms with Gasteiger partial charge in [0.15, 0.2) is 5.82 Å². The molecular weight excluding hydrogens is 293 g/mol. The quantitative estimate of drug-likeness (QED) is 0.834. The maximum Gasteiger partial charge on any atom is 0.151 e. The maximum atomic E-state index is 6.06. The molecule has 0 aliphatic heterocycles. The van der Waals surface area contributed by atoms with Crippen LogP contribution in [0.2, 0.25) is 15.2 Å². The standard InChI is InChI=1S/C12H10Cl3N3/c13-8-2-1-7(9(14)5-8)6-17-12-10(16)3-4-11(15)18-12/h1-5H,6,16H2,(H,17,18). The number of rotatable bonds is 3. The molecular formula is C12H10Cl3N3. The van der Waals surface area contributed by atoms with Gasteiger partial charge in [0.2, 0.25) is 0 Å². The Labute approximate surface area is 120 Å². The molecule has 3 nitrogen and oxygen atoms in total. The van der Waals surface area contributed by atoms with Gasteiger partial charge in [-0.15, -0.1) is 0 Å². The van der Waals surface area contributed by atoms with Crippen molar-refractivity contribution in [1.82, 2.24) is 4.98 Å². The summed E-state index contributed by atoms with van der Waals surface area (Å²) in [5.41, 5.74) is 7.21. The molecule has 0 radical (unpaired) electrons. The fourth-order valence-electron chi connectivity index (χ4n) is 1.43. The van der Waals surface area contributed by atoms with Gasteiger partial charge in [-0.25, -0.2) is 4.98 Å². The zero-order chi connectivity index (χ0) is 13.1. The molecule has 0 aliphatic carbocycles. The summed E-state index contributed by atoms with van der Waals surface area (Å²) in [6, 6.07) is 8.64. The van der Waals surface area contributed by atoms with E-state index in [1.165, 1.54) is 0 Å². The summed E-state index contributed by atoms with van der Waals surface area (Å²) in [5, 5.41) is 4.66. The van der Waals surface area contributed by atoms with E-state index in [0.29, 0.717) is 33.2 Å². The van der Waals surface area contributed by atoms with E-state index in [2.05, 4.69) is 10.3 Å². The molecule has 1 heterocycles. The third-order valence-electron chi connectivity index (χ3n) is 2.35. The molecule has 1 aromatic heterocycles. The Bertz CT molecular complexity index is 572. The highest BCUT2D eigenvalue weighted by Gasteiger charge is 2.04. The third kappa shape index (κ3) is 3.19. The Morgan fingerprint density at radius 1 is 1.11 bits per heavy atom. The Kier molecular flexibility index (Phi) is 4.17. The van der Waals surface area contributed by atoms with Crippen molar-refractivity contribution in [3.05, 3.63) is 51.1 Å². The number of nitrogen functional groups attached to an aromatic ring is 1. The van der Waals surface area contributed by atoms with Crippen LogP contribution in [0.15, 0.2) is 30.3 Å². The number of hydrogen-bond acceptors (Lipinski definition) is 3. The smallest absolute Gasteiger partial charge is 0.151 e. The second-order valence-corrected chi connectivity index (χ2v) is 4.89. The molecule has 1 aromatic carbocycles. The lowest BCUT2D eigenvalue weighted by molar-refractivity contribution is 1.11. The van der Waals surface area contributed by atoms with Crippen molar-refractivity contribution >= 4 is 46.3 Å². The molecule has 0 saturated carbocycles. The molecule has 94 valence electrons. The Hall–Kier alpha value is -1.16. The van der Waals surface area contributed by atoms with Gasteiger partial charge >= 0.3 is 0 Å². The molecule has 0 fully saturated rings. The number of anilines is 2. The highest BCUT2D eigenvalue weighted by Crippen LogP contribution is 2.23. The minimum Gasteiger partial charge on any atom is -0.396 e. The fraction of sp³-hybridized carbons (Fsp3) is 0.0833. The number of nitrogens with one attached hydrogen (secondary N) is 1. The van der Waals surface area contributed by atoms with Gasteiger partial charge in [0.25, 0.3) is 0 Å². The largest absolute Gasteiger partial charge is 0.396 e. The number of pyridine rings is 1. The van der Waals surface area contributed by atoms with Crippen LogP contribution in [0, 0.1) is 0 Å². The summed E-state index contributed by atoms with van der Waals surface area (Å²) < 4.78 is 0. The minimum atomic E-state index is 0.383. The van der Waals surface area contributed by atoms with Crippen molar-refractivity contribution in [2.75, 3.05) is 11.1 Å². The van der Waals surface area contributed by atoms with Crippen molar-refractivity contribution in [3.63, 3.8) is 0 Å². The first-order chi connectivity index (χ1) is 8.56. The van der Waals surface area contributed by atoms with Gasteiger partial charge in [0, 0.05) is 16.6 Å². The summed E-state index contributed by atoms with van der Waals surface area (Å²) in [4.78, 5) is 4.10. The number of nitrogens with zero attached hydrogens (tertiary/aromatic N) is 1. The summed E-state index contributed by atoms with van der Waals surface area (Å²) >= 11 is 17.7. The van der Waals surface area contributed by atoms with Gasteiger partial charge in [-0.1, -0.05) is 40.9 Å². The van der Waals surface area contributed by atoms with Gasteiger partial charge in [0.1, 0.15) is 5.15 Å². The zero-order valence-corrected chi connectivity index (χ0v) is 11.5. The number of hydrogen-bond donors (Lipinski definition) is 2. The summed E-state index contributed by atoms with van der Waals surface area (Å²) in [6.45, 7) is 0.494. The topological polar surface area (TPSA) is 50.9 Å². The monoisotopic (exact) mass is 301 g/mol. The summed E-state index contributed by atoms with van der Waals surface area (Å²) in [6.07, 6.45) is 0. The van der Waals surface area contributed by atoms with Gasteiger partial charge in [0.05, 0.1) is 5.69 Å². The predicted molar refractivity (Wildman–Crippen MR) is 77.4 cm³/mol. The number of nitrogens with two attached hydrogens (primary N) is 1. The van der Waals surface area contributed by atoms with E-state index in [0.717, 1.165) is 5.56 Å². The first-order valence-electron chi connectivity index (χ1n) is 5.16. The van der Waals surface area contributed by atoms with Gasteiger partial charge in [-0.05, 0) is 29.8 Å². The summed E-state index contributed by atoms with van der Waals surface area (Å²) in [5.74, 6) is 0.536. The molecule has 0 amide bonds. The van der Waals surface area contributed by atoms with Gasteiger partial charge in [-0.3, -0.25) is 0 Å². The number of halogens is 3. The minimum absolute atomic E-state index is 0.383. The van der Waals surface area contributed by atoms with E-state index < -0.39 is 0 Å². The first-order valence-corrected chi connectivity index (χ1v) is 6.29. The average molecular weight is 303 g/mol. The lowest BCUT2D eigenvalue weighted by Crippen LogP contribution is -2.05. The van der Waals surface area contributed by atoms with E-state index in [1.807, 2.05) is 6.07 Å². The molecule has 3 N–H and O–H groups in total. The van der Waals surface area contributed by atoms with Crippen molar-refractivity contribution in [2.24, 2.45) is 0 Å². The van der Waals surface area contributed by atoms with Crippen molar-refractivity contribution < 1.29 is 0 Å². The van der Waals surface area contributed by atoms with E-state index in [-0.39, 0.29) is 0 Å². The molecule has 18 heavy (non-hydrogen) atoms. The van der Waals surface area contributed by atoms with E-state index >= 15 is 0 Å². The van der Waals surface area contributed by atoms with Crippen LogP contribution in [0.4, 0.5) is 11.5 Å². The van der Waals surface area contributed by atoms with E-state index in [9.17, 15) is 0 Å². The van der Waals surface area contributed by atoms with Crippen molar-refractivity contribution in [3.8, 4) is 0 Å². The molecule has 0 aliphatic rings. The molecule has 0 bridgehead atoms. The molecule has 2 aromatic rings. The average Bonchev–Trinajstić information content (AvgIpc) is 2.32. The molecule has 0 atom stereocenters.